The fourth-order valence-electron chi connectivity index (χ4n) is 3.53. The van der Waals surface area contributed by atoms with E-state index in [4.69, 9.17) is 4.74 Å². The zero-order chi connectivity index (χ0) is 22.9. The maximum absolute atomic E-state index is 12.9. The number of carbonyl (C=O) groups excluding carboxylic acids is 2. The Hall–Kier alpha value is -4.00. The fraction of sp³-hybridized carbons (Fsp3) is 0.200. The molecule has 0 unspecified atom stereocenters. The van der Waals surface area contributed by atoms with Crippen LogP contribution >= 0.6 is 0 Å². The Labute approximate surface area is 186 Å². The first-order valence-electron chi connectivity index (χ1n) is 10.2. The molecule has 0 aliphatic rings. The van der Waals surface area contributed by atoms with Crippen LogP contribution in [0.5, 0.6) is 5.75 Å². The van der Waals surface area contributed by atoms with E-state index < -0.39 is 4.92 Å². The molecule has 0 heterocycles. The number of aldehydes is 1. The minimum Gasteiger partial charge on any atom is -0.494 e. The Kier molecular flexibility index (Phi) is 7.70. The third-order valence-corrected chi connectivity index (χ3v) is 5.14. The van der Waals surface area contributed by atoms with E-state index in [9.17, 15) is 19.7 Å². The minimum atomic E-state index is -0.613. The number of ether oxygens (including phenoxy) is 1. The molecule has 7 heteroatoms. The summed E-state index contributed by atoms with van der Waals surface area (Å²) in [6, 6.07) is 23.5. The number of hydrogen-bond donors (Lipinski definition) is 0. The summed E-state index contributed by atoms with van der Waals surface area (Å²) in [7, 11) is 1.79. The lowest BCUT2D eigenvalue weighted by Crippen LogP contribution is -2.32. The number of amides is 1. The Morgan fingerprint density at radius 1 is 1.03 bits per heavy atom. The number of hydrogen-bond acceptors (Lipinski definition) is 5. The average molecular weight is 432 g/mol. The van der Waals surface area contributed by atoms with E-state index in [0.717, 1.165) is 11.1 Å². The topological polar surface area (TPSA) is 89.8 Å². The van der Waals surface area contributed by atoms with Crippen LogP contribution in [0.15, 0.2) is 78.9 Å². The predicted molar refractivity (Wildman–Crippen MR) is 121 cm³/mol. The van der Waals surface area contributed by atoms with Gasteiger partial charge in [-0.15, -0.1) is 0 Å². The van der Waals surface area contributed by atoms with Crippen LogP contribution in [0.4, 0.5) is 5.69 Å². The lowest BCUT2D eigenvalue weighted by Gasteiger charge is -2.29. The van der Waals surface area contributed by atoms with Crippen molar-refractivity contribution in [1.29, 1.82) is 0 Å². The van der Waals surface area contributed by atoms with Crippen LogP contribution < -0.4 is 4.74 Å². The third-order valence-electron chi connectivity index (χ3n) is 5.14. The molecular formula is C25H24N2O5. The van der Waals surface area contributed by atoms with E-state index in [1.807, 2.05) is 60.7 Å². The van der Waals surface area contributed by atoms with Gasteiger partial charge in [-0.2, -0.15) is 0 Å². The van der Waals surface area contributed by atoms with Crippen molar-refractivity contribution in [2.45, 2.75) is 18.9 Å². The molecule has 3 aromatic carbocycles. The van der Waals surface area contributed by atoms with Crippen molar-refractivity contribution < 1.29 is 19.2 Å². The van der Waals surface area contributed by atoms with E-state index in [1.54, 1.807) is 11.9 Å². The van der Waals surface area contributed by atoms with Gasteiger partial charge < -0.3 is 9.64 Å². The largest absolute Gasteiger partial charge is 0.494 e. The summed E-state index contributed by atoms with van der Waals surface area (Å²) in [5, 5.41) is 10.9. The summed E-state index contributed by atoms with van der Waals surface area (Å²) in [4.78, 5) is 36.0. The second-order valence-electron chi connectivity index (χ2n) is 7.28. The molecule has 0 spiro atoms. The quantitative estimate of drug-likeness (QED) is 0.198. The van der Waals surface area contributed by atoms with Crippen LogP contribution in [0, 0.1) is 10.1 Å². The van der Waals surface area contributed by atoms with Crippen molar-refractivity contribution >= 4 is 17.9 Å². The standard InChI is InChI=1S/C25H24N2O5/c1-26(25(19-9-4-2-5-10-19)20-11-6-3-7-12-20)24(29)13-8-16-32-22-14-15-23(27(30)31)21(17-22)18-28/h2-7,9-12,14-15,17-18,25H,8,13,16H2,1H3. The first-order chi connectivity index (χ1) is 15.5. The molecule has 0 aliphatic carbocycles. The van der Waals surface area contributed by atoms with Crippen LogP contribution in [0.25, 0.3) is 0 Å². The molecule has 32 heavy (non-hydrogen) atoms. The van der Waals surface area contributed by atoms with Crippen molar-refractivity contribution in [2.24, 2.45) is 0 Å². The normalized spacial score (nSPS) is 10.6. The maximum atomic E-state index is 12.9. The Bertz CT molecular complexity index is 1030. The molecule has 0 aromatic heterocycles. The highest BCUT2D eigenvalue weighted by Crippen LogP contribution is 2.28. The van der Waals surface area contributed by atoms with Gasteiger partial charge in [-0.05, 0) is 29.7 Å². The zero-order valence-corrected chi connectivity index (χ0v) is 17.7. The van der Waals surface area contributed by atoms with Crippen molar-refractivity contribution in [1.82, 2.24) is 4.90 Å². The molecule has 0 atom stereocenters. The van der Waals surface area contributed by atoms with E-state index >= 15 is 0 Å². The van der Waals surface area contributed by atoms with Crippen LogP contribution in [0.2, 0.25) is 0 Å². The highest BCUT2D eigenvalue weighted by atomic mass is 16.6. The summed E-state index contributed by atoms with van der Waals surface area (Å²) >= 11 is 0. The van der Waals surface area contributed by atoms with Gasteiger partial charge in [0, 0.05) is 19.5 Å². The number of benzene rings is 3. The van der Waals surface area contributed by atoms with Crippen LogP contribution in [0.1, 0.15) is 40.4 Å². The summed E-state index contributed by atoms with van der Waals surface area (Å²) in [5.41, 5.74) is 1.74. The van der Waals surface area contributed by atoms with E-state index in [-0.39, 0.29) is 36.2 Å². The summed E-state index contributed by atoms with van der Waals surface area (Å²) < 4.78 is 5.59. The highest BCUT2D eigenvalue weighted by Gasteiger charge is 2.23. The summed E-state index contributed by atoms with van der Waals surface area (Å²) in [5.74, 6) is 0.327. The van der Waals surface area contributed by atoms with Crippen molar-refractivity contribution in [3.05, 3.63) is 106 Å². The zero-order valence-electron chi connectivity index (χ0n) is 17.7. The van der Waals surface area contributed by atoms with Crippen LogP contribution in [0.3, 0.4) is 0 Å². The Morgan fingerprint density at radius 2 is 1.62 bits per heavy atom. The summed E-state index contributed by atoms with van der Waals surface area (Å²) in [6.45, 7) is 0.247. The van der Waals surface area contributed by atoms with Gasteiger partial charge in [-0.25, -0.2) is 0 Å². The van der Waals surface area contributed by atoms with Gasteiger partial charge >= 0.3 is 0 Å². The van der Waals surface area contributed by atoms with E-state index in [0.29, 0.717) is 18.5 Å². The Morgan fingerprint density at radius 3 is 2.16 bits per heavy atom. The predicted octanol–water partition coefficient (Wildman–Crippen LogP) is 4.81. The van der Waals surface area contributed by atoms with E-state index in [2.05, 4.69) is 0 Å². The van der Waals surface area contributed by atoms with Gasteiger partial charge in [-0.3, -0.25) is 19.7 Å². The number of nitrogens with zero attached hydrogens (tertiary/aromatic N) is 2. The molecule has 0 radical (unpaired) electrons. The molecule has 0 saturated carbocycles. The first-order valence-corrected chi connectivity index (χ1v) is 10.2. The van der Waals surface area contributed by atoms with Gasteiger partial charge in [-0.1, -0.05) is 60.7 Å². The molecule has 164 valence electrons. The second-order valence-corrected chi connectivity index (χ2v) is 7.28. The second kappa shape index (κ2) is 10.9. The lowest BCUT2D eigenvalue weighted by molar-refractivity contribution is -0.385. The van der Waals surface area contributed by atoms with Gasteiger partial charge in [0.05, 0.1) is 23.1 Å². The van der Waals surface area contributed by atoms with Crippen molar-refractivity contribution in [2.75, 3.05) is 13.7 Å². The molecule has 0 aliphatic heterocycles. The molecule has 0 N–H and O–H groups in total. The molecule has 3 aromatic rings. The van der Waals surface area contributed by atoms with Gasteiger partial charge in [0.2, 0.25) is 5.91 Å². The molecule has 0 saturated heterocycles. The van der Waals surface area contributed by atoms with Crippen LogP contribution in [-0.4, -0.2) is 35.7 Å². The maximum Gasteiger partial charge on any atom is 0.280 e. The highest BCUT2D eigenvalue weighted by molar-refractivity contribution is 5.82. The smallest absolute Gasteiger partial charge is 0.280 e. The lowest BCUT2D eigenvalue weighted by atomic mass is 9.97. The molecule has 3 rings (SSSR count). The van der Waals surface area contributed by atoms with Gasteiger partial charge in [0.1, 0.15) is 5.75 Å². The minimum absolute atomic E-state index is 0.0245. The fourth-order valence-corrected chi connectivity index (χ4v) is 3.53. The van der Waals surface area contributed by atoms with Gasteiger partial charge in [0.15, 0.2) is 6.29 Å². The molecule has 0 bridgehead atoms. The monoisotopic (exact) mass is 432 g/mol. The molecule has 1 amide bonds. The van der Waals surface area contributed by atoms with Crippen LogP contribution in [-0.2, 0) is 4.79 Å². The number of nitro benzene ring substituents is 1. The molecular weight excluding hydrogens is 408 g/mol. The number of rotatable bonds is 10. The SMILES string of the molecule is CN(C(=O)CCCOc1ccc([N+](=O)[O-])c(C=O)c1)C(c1ccccc1)c1ccccc1. The third kappa shape index (κ3) is 5.57. The number of nitro groups is 1. The Balaban J connectivity index is 1.61. The van der Waals surface area contributed by atoms with Crippen molar-refractivity contribution in [3.63, 3.8) is 0 Å². The average Bonchev–Trinajstić information content (AvgIpc) is 2.82. The molecule has 7 nitrogen and oxygen atoms in total. The summed E-state index contributed by atoms with van der Waals surface area (Å²) in [6.07, 6.45) is 1.17. The van der Waals surface area contributed by atoms with E-state index in [1.165, 1.54) is 18.2 Å². The molecule has 0 fully saturated rings. The first kappa shape index (κ1) is 22.7. The van der Waals surface area contributed by atoms with Crippen molar-refractivity contribution in [3.8, 4) is 5.75 Å². The number of carbonyl (C=O) groups is 2. The van der Waals surface area contributed by atoms with Gasteiger partial charge in [0.25, 0.3) is 5.69 Å².